The van der Waals surface area contributed by atoms with Gasteiger partial charge >= 0.3 is 0 Å². The molecule has 0 saturated carbocycles. The summed E-state index contributed by atoms with van der Waals surface area (Å²) in [6, 6.07) is 29.2. The van der Waals surface area contributed by atoms with Gasteiger partial charge in [-0.2, -0.15) is 0 Å². The summed E-state index contributed by atoms with van der Waals surface area (Å²) in [4.78, 5) is 0. The minimum atomic E-state index is -0.892. The van der Waals surface area contributed by atoms with Gasteiger partial charge in [-0.1, -0.05) is 91.0 Å². The first kappa shape index (κ1) is 22.8. The van der Waals surface area contributed by atoms with Gasteiger partial charge in [0.2, 0.25) is 0 Å². The van der Waals surface area contributed by atoms with Gasteiger partial charge in [0.05, 0.1) is 13.2 Å². The topological polar surface area (TPSA) is 75.6 Å². The van der Waals surface area contributed by atoms with Crippen molar-refractivity contribution in [2.24, 2.45) is 0 Å². The summed E-state index contributed by atoms with van der Waals surface area (Å²) < 4.78 is 37.4. The molecule has 1 N–H and O–H groups in total. The molecule has 0 radical (unpaired) electrons. The molecule has 182 valence electrons. The third-order valence-electron chi connectivity index (χ3n) is 6.58. The molecule has 3 heterocycles. The highest BCUT2D eigenvalue weighted by molar-refractivity contribution is 5.19. The van der Waals surface area contributed by atoms with Crippen molar-refractivity contribution >= 4 is 0 Å². The third-order valence-corrected chi connectivity index (χ3v) is 6.58. The van der Waals surface area contributed by atoms with Gasteiger partial charge in [-0.15, -0.1) is 0 Å². The molecule has 0 spiro atoms. The van der Waals surface area contributed by atoms with Gasteiger partial charge in [0, 0.05) is 16.7 Å². The van der Waals surface area contributed by atoms with Gasteiger partial charge in [0.1, 0.15) is 30.5 Å². The van der Waals surface area contributed by atoms with Gasteiger partial charge in [0.25, 0.3) is 0 Å². The normalized spacial score (nSPS) is 35.2. The van der Waals surface area contributed by atoms with E-state index in [4.69, 9.17) is 28.4 Å². The van der Waals surface area contributed by atoms with E-state index in [-0.39, 0.29) is 6.61 Å². The lowest BCUT2D eigenvalue weighted by Gasteiger charge is -2.49. The van der Waals surface area contributed by atoms with Crippen LogP contribution in [0, 0.1) is 0 Å². The summed E-state index contributed by atoms with van der Waals surface area (Å²) in [7, 11) is 0. The zero-order chi connectivity index (χ0) is 23.6. The fourth-order valence-corrected chi connectivity index (χ4v) is 4.81. The monoisotopic (exact) mass is 476 g/mol. The molecular formula is C28H28O7. The average molecular weight is 477 g/mol. The van der Waals surface area contributed by atoms with E-state index in [1.54, 1.807) is 0 Å². The van der Waals surface area contributed by atoms with E-state index in [0.29, 0.717) is 6.61 Å². The molecule has 3 saturated heterocycles. The summed E-state index contributed by atoms with van der Waals surface area (Å²) in [5.74, 6) is 0. The van der Waals surface area contributed by atoms with Gasteiger partial charge in [-0.05, 0) is 0 Å². The van der Waals surface area contributed by atoms with Crippen LogP contribution >= 0.6 is 0 Å². The lowest BCUT2D eigenvalue weighted by Crippen LogP contribution is -2.62. The Labute approximate surface area is 204 Å². The van der Waals surface area contributed by atoms with Crippen LogP contribution < -0.4 is 0 Å². The Morgan fingerprint density at radius 2 is 0.943 bits per heavy atom. The van der Waals surface area contributed by atoms with E-state index in [2.05, 4.69) is 0 Å². The largest absolute Gasteiger partial charge is 0.388 e. The Morgan fingerprint density at radius 1 is 0.486 bits per heavy atom. The Hall–Kier alpha value is -2.62. The molecule has 0 amide bonds. The maximum Gasteiger partial charge on any atom is 0.184 e. The van der Waals surface area contributed by atoms with Crippen molar-refractivity contribution in [2.75, 3.05) is 13.2 Å². The smallest absolute Gasteiger partial charge is 0.184 e. The molecule has 3 aliphatic rings. The molecule has 7 nitrogen and oxygen atoms in total. The first-order valence-corrected chi connectivity index (χ1v) is 11.9. The van der Waals surface area contributed by atoms with Gasteiger partial charge in [-0.25, -0.2) is 0 Å². The molecule has 7 heteroatoms. The minimum absolute atomic E-state index is 0.122. The fourth-order valence-electron chi connectivity index (χ4n) is 4.81. The predicted molar refractivity (Wildman–Crippen MR) is 125 cm³/mol. The quantitative estimate of drug-likeness (QED) is 0.609. The summed E-state index contributed by atoms with van der Waals surface area (Å²) in [5, 5.41) is 11.0. The van der Waals surface area contributed by atoms with Crippen LogP contribution in [-0.4, -0.2) is 48.8 Å². The summed E-state index contributed by atoms with van der Waals surface area (Å²) in [6.07, 6.45) is -4.92. The predicted octanol–water partition coefficient (Wildman–Crippen LogP) is 4.06. The SMILES string of the molecule is OC1COC(c2ccccc2)OC1C1OC(c2ccccc2)OC2COC(c3ccccc3)OC21. The Morgan fingerprint density at radius 3 is 1.51 bits per heavy atom. The van der Waals surface area contributed by atoms with Crippen LogP contribution in [-0.2, 0) is 28.4 Å². The van der Waals surface area contributed by atoms with Crippen LogP contribution in [0.2, 0.25) is 0 Å². The third kappa shape index (κ3) is 4.77. The molecule has 3 aliphatic heterocycles. The molecular weight excluding hydrogens is 448 g/mol. The summed E-state index contributed by atoms with van der Waals surface area (Å²) in [5.41, 5.74) is 2.66. The summed E-state index contributed by atoms with van der Waals surface area (Å²) >= 11 is 0. The lowest BCUT2D eigenvalue weighted by atomic mass is 9.95. The van der Waals surface area contributed by atoms with Gasteiger partial charge in [-0.3, -0.25) is 0 Å². The van der Waals surface area contributed by atoms with Crippen LogP contribution in [0.4, 0.5) is 0 Å². The standard InChI is InChI=1S/C28H28O7/c29-21-16-30-26(18-10-4-1-5-11-18)33-23(21)25-24-22(32-28(35-25)20-14-8-3-9-15-20)17-31-27(34-24)19-12-6-2-7-13-19/h1-15,21-29H,16-17H2. The maximum atomic E-state index is 11.0. The highest BCUT2D eigenvalue weighted by Gasteiger charge is 2.52. The molecule has 8 atom stereocenters. The number of hydrogen-bond acceptors (Lipinski definition) is 7. The molecule has 6 rings (SSSR count). The van der Waals surface area contributed by atoms with Crippen LogP contribution in [0.3, 0.4) is 0 Å². The summed E-state index contributed by atoms with van der Waals surface area (Å²) in [6.45, 7) is 0.450. The number of aliphatic hydroxyl groups is 1. The second-order valence-corrected chi connectivity index (χ2v) is 8.94. The lowest BCUT2D eigenvalue weighted by molar-refractivity contribution is -0.391. The van der Waals surface area contributed by atoms with Crippen molar-refractivity contribution < 1.29 is 33.5 Å². The average Bonchev–Trinajstić information content (AvgIpc) is 2.94. The number of rotatable bonds is 4. The number of aliphatic hydroxyl groups excluding tert-OH is 1. The highest BCUT2D eigenvalue weighted by Crippen LogP contribution is 2.41. The molecule has 35 heavy (non-hydrogen) atoms. The van der Waals surface area contributed by atoms with Crippen LogP contribution in [0.1, 0.15) is 35.6 Å². The zero-order valence-electron chi connectivity index (χ0n) is 19.1. The first-order valence-electron chi connectivity index (χ1n) is 11.9. The molecule has 0 aliphatic carbocycles. The highest BCUT2D eigenvalue weighted by atomic mass is 16.8. The molecule has 0 aromatic heterocycles. The van der Waals surface area contributed by atoms with E-state index in [0.717, 1.165) is 16.7 Å². The van der Waals surface area contributed by atoms with Crippen LogP contribution in [0.5, 0.6) is 0 Å². The molecule has 8 unspecified atom stereocenters. The molecule has 3 aromatic carbocycles. The number of hydrogen-bond donors (Lipinski definition) is 1. The van der Waals surface area contributed by atoms with E-state index < -0.39 is 49.4 Å². The van der Waals surface area contributed by atoms with E-state index >= 15 is 0 Å². The van der Waals surface area contributed by atoms with Gasteiger partial charge in [0.15, 0.2) is 18.9 Å². The Kier molecular flexibility index (Phi) is 6.63. The second kappa shape index (κ2) is 10.2. The number of ether oxygens (including phenoxy) is 6. The molecule has 3 aromatic rings. The van der Waals surface area contributed by atoms with Crippen molar-refractivity contribution in [3.63, 3.8) is 0 Å². The molecule has 3 fully saturated rings. The van der Waals surface area contributed by atoms with E-state index in [1.165, 1.54) is 0 Å². The van der Waals surface area contributed by atoms with Crippen molar-refractivity contribution in [1.82, 2.24) is 0 Å². The second-order valence-electron chi connectivity index (χ2n) is 8.94. The zero-order valence-corrected chi connectivity index (χ0v) is 19.1. The Bertz CT molecular complexity index is 1030. The minimum Gasteiger partial charge on any atom is -0.388 e. The van der Waals surface area contributed by atoms with Crippen molar-refractivity contribution in [3.8, 4) is 0 Å². The van der Waals surface area contributed by atoms with Crippen molar-refractivity contribution in [3.05, 3.63) is 108 Å². The maximum absolute atomic E-state index is 11.0. The van der Waals surface area contributed by atoms with Gasteiger partial charge < -0.3 is 33.5 Å². The van der Waals surface area contributed by atoms with E-state index in [9.17, 15) is 5.11 Å². The Balaban J connectivity index is 1.30. The first-order chi connectivity index (χ1) is 17.3. The molecule has 0 bridgehead atoms. The number of fused-ring (bicyclic) bond motifs is 1. The number of benzene rings is 3. The van der Waals surface area contributed by atoms with Crippen molar-refractivity contribution in [2.45, 2.75) is 49.4 Å². The fraction of sp³-hybridized carbons (Fsp3) is 0.357. The van der Waals surface area contributed by atoms with E-state index in [1.807, 2.05) is 91.0 Å². The van der Waals surface area contributed by atoms with Crippen LogP contribution in [0.15, 0.2) is 91.0 Å². The van der Waals surface area contributed by atoms with Crippen molar-refractivity contribution in [1.29, 1.82) is 0 Å². The van der Waals surface area contributed by atoms with Crippen LogP contribution in [0.25, 0.3) is 0 Å².